The molecule has 0 aliphatic heterocycles. The van der Waals surface area contributed by atoms with Crippen LogP contribution in [0.25, 0.3) is 0 Å². The second-order valence-corrected chi connectivity index (χ2v) is 5.44. The Morgan fingerprint density at radius 2 is 1.95 bits per heavy atom. The van der Waals surface area contributed by atoms with Crippen molar-refractivity contribution in [3.63, 3.8) is 0 Å². The summed E-state index contributed by atoms with van der Waals surface area (Å²) in [7, 11) is 0. The highest BCUT2D eigenvalue weighted by molar-refractivity contribution is 5.61. The fourth-order valence-corrected chi connectivity index (χ4v) is 2.06. The van der Waals surface area contributed by atoms with Crippen molar-refractivity contribution in [1.29, 1.82) is 0 Å². The van der Waals surface area contributed by atoms with Crippen molar-refractivity contribution in [2.75, 3.05) is 11.9 Å². The van der Waals surface area contributed by atoms with Gasteiger partial charge in [-0.1, -0.05) is 39.5 Å². The van der Waals surface area contributed by atoms with E-state index in [-0.39, 0.29) is 11.4 Å². The molecule has 0 atom stereocenters. The summed E-state index contributed by atoms with van der Waals surface area (Å²) in [5.41, 5.74) is 0.184. The van der Waals surface area contributed by atoms with Crippen LogP contribution in [0.4, 0.5) is 15.8 Å². The van der Waals surface area contributed by atoms with Crippen LogP contribution in [0.3, 0.4) is 0 Å². The first kappa shape index (κ1) is 16.4. The Kier molecular flexibility index (Phi) is 6.98. The molecule has 4 nitrogen and oxygen atoms in total. The number of rotatable bonds is 9. The topological polar surface area (TPSA) is 55.2 Å². The standard InChI is InChI=1S/C15H23FN2O2/c1-12(2)7-5-3-4-6-10-17-14-11-13(16)8-9-15(14)18(19)20/h8-9,11-12,17H,3-7,10H2,1-2H3. The van der Waals surface area contributed by atoms with Crippen LogP contribution in [0.1, 0.15) is 46.0 Å². The van der Waals surface area contributed by atoms with E-state index in [0.29, 0.717) is 6.54 Å². The van der Waals surface area contributed by atoms with Gasteiger partial charge in [0.05, 0.1) is 4.92 Å². The number of nitrogens with zero attached hydrogens (tertiary/aromatic N) is 1. The fourth-order valence-electron chi connectivity index (χ4n) is 2.06. The summed E-state index contributed by atoms with van der Waals surface area (Å²) in [6.45, 7) is 5.06. The summed E-state index contributed by atoms with van der Waals surface area (Å²) < 4.78 is 13.1. The highest BCUT2D eigenvalue weighted by Crippen LogP contribution is 2.24. The molecule has 0 aliphatic carbocycles. The highest BCUT2D eigenvalue weighted by Gasteiger charge is 2.13. The maximum Gasteiger partial charge on any atom is 0.292 e. The zero-order valence-electron chi connectivity index (χ0n) is 12.2. The largest absolute Gasteiger partial charge is 0.379 e. The van der Waals surface area contributed by atoms with Gasteiger partial charge in [-0.25, -0.2) is 4.39 Å². The minimum atomic E-state index is -0.496. The fraction of sp³-hybridized carbons (Fsp3) is 0.600. The molecule has 0 aromatic heterocycles. The van der Waals surface area contributed by atoms with Crippen LogP contribution < -0.4 is 5.32 Å². The van der Waals surface area contributed by atoms with E-state index in [4.69, 9.17) is 0 Å². The third-order valence-electron chi connectivity index (χ3n) is 3.18. The molecule has 0 heterocycles. The lowest BCUT2D eigenvalue weighted by atomic mass is 10.0. The summed E-state index contributed by atoms with van der Waals surface area (Å²) >= 11 is 0. The minimum absolute atomic E-state index is 0.0776. The highest BCUT2D eigenvalue weighted by atomic mass is 19.1. The number of nitrogens with one attached hydrogen (secondary N) is 1. The number of nitro benzene ring substituents is 1. The number of nitro groups is 1. The molecule has 1 N–H and O–H groups in total. The van der Waals surface area contributed by atoms with Crippen LogP contribution in [-0.4, -0.2) is 11.5 Å². The average molecular weight is 282 g/mol. The molecular weight excluding hydrogens is 259 g/mol. The second-order valence-electron chi connectivity index (χ2n) is 5.44. The van der Waals surface area contributed by atoms with Gasteiger partial charge in [0.2, 0.25) is 0 Å². The van der Waals surface area contributed by atoms with Gasteiger partial charge in [0, 0.05) is 18.7 Å². The summed E-state index contributed by atoms with van der Waals surface area (Å²) in [6.07, 6.45) is 5.65. The Bertz CT molecular complexity index is 436. The van der Waals surface area contributed by atoms with Crippen molar-refractivity contribution in [3.05, 3.63) is 34.1 Å². The Labute approximate surface area is 119 Å². The summed E-state index contributed by atoms with van der Waals surface area (Å²) in [4.78, 5) is 10.3. The van der Waals surface area contributed by atoms with Crippen molar-refractivity contribution >= 4 is 11.4 Å². The molecule has 5 heteroatoms. The van der Waals surface area contributed by atoms with E-state index in [9.17, 15) is 14.5 Å². The van der Waals surface area contributed by atoms with Gasteiger partial charge in [0.15, 0.2) is 0 Å². The minimum Gasteiger partial charge on any atom is -0.379 e. The molecule has 1 rings (SSSR count). The van der Waals surface area contributed by atoms with Crippen molar-refractivity contribution in [2.24, 2.45) is 5.92 Å². The van der Waals surface area contributed by atoms with E-state index >= 15 is 0 Å². The first-order chi connectivity index (χ1) is 9.50. The van der Waals surface area contributed by atoms with E-state index in [0.717, 1.165) is 24.8 Å². The number of unbranched alkanes of at least 4 members (excludes halogenated alkanes) is 3. The summed E-state index contributed by atoms with van der Waals surface area (Å²) in [6, 6.07) is 3.48. The van der Waals surface area contributed by atoms with Crippen molar-refractivity contribution in [2.45, 2.75) is 46.0 Å². The van der Waals surface area contributed by atoms with E-state index in [1.54, 1.807) is 0 Å². The molecule has 0 fully saturated rings. The Hall–Kier alpha value is -1.65. The van der Waals surface area contributed by atoms with Crippen molar-refractivity contribution in [1.82, 2.24) is 0 Å². The Morgan fingerprint density at radius 1 is 1.25 bits per heavy atom. The van der Waals surface area contributed by atoms with E-state index in [2.05, 4.69) is 19.2 Å². The van der Waals surface area contributed by atoms with Gasteiger partial charge in [-0.15, -0.1) is 0 Å². The van der Waals surface area contributed by atoms with Gasteiger partial charge in [-0.2, -0.15) is 0 Å². The number of hydrogen-bond acceptors (Lipinski definition) is 3. The van der Waals surface area contributed by atoms with Crippen LogP contribution in [0.2, 0.25) is 0 Å². The molecule has 112 valence electrons. The van der Waals surface area contributed by atoms with Crippen LogP contribution in [0.5, 0.6) is 0 Å². The predicted octanol–water partition coefficient (Wildman–Crippen LogP) is 4.75. The Balaban J connectivity index is 2.31. The van der Waals surface area contributed by atoms with Crippen molar-refractivity contribution < 1.29 is 9.31 Å². The van der Waals surface area contributed by atoms with Crippen LogP contribution in [0.15, 0.2) is 18.2 Å². The number of anilines is 1. The van der Waals surface area contributed by atoms with Gasteiger partial charge >= 0.3 is 0 Å². The molecule has 1 aromatic rings. The molecule has 1 aromatic carbocycles. The lowest BCUT2D eigenvalue weighted by Crippen LogP contribution is -2.04. The summed E-state index contributed by atoms with van der Waals surface area (Å²) in [5, 5.41) is 13.8. The zero-order chi connectivity index (χ0) is 15.0. The normalized spacial score (nSPS) is 10.8. The van der Waals surface area contributed by atoms with Crippen LogP contribution >= 0.6 is 0 Å². The third-order valence-corrected chi connectivity index (χ3v) is 3.18. The first-order valence-corrected chi connectivity index (χ1v) is 7.18. The lowest BCUT2D eigenvalue weighted by Gasteiger charge is -2.07. The average Bonchev–Trinajstić information content (AvgIpc) is 2.37. The molecule has 0 spiro atoms. The number of halogens is 1. The quantitative estimate of drug-likeness (QED) is 0.404. The number of hydrogen-bond donors (Lipinski definition) is 1. The van der Waals surface area contributed by atoms with Crippen molar-refractivity contribution in [3.8, 4) is 0 Å². The van der Waals surface area contributed by atoms with Gasteiger partial charge in [-0.3, -0.25) is 10.1 Å². The first-order valence-electron chi connectivity index (χ1n) is 7.18. The lowest BCUT2D eigenvalue weighted by molar-refractivity contribution is -0.384. The van der Waals surface area contributed by atoms with E-state index in [1.807, 2.05) is 0 Å². The third kappa shape index (κ3) is 5.99. The van der Waals surface area contributed by atoms with Gasteiger partial charge in [0.1, 0.15) is 11.5 Å². The van der Waals surface area contributed by atoms with E-state index in [1.165, 1.54) is 31.4 Å². The molecule has 0 bridgehead atoms. The number of benzene rings is 1. The molecule has 20 heavy (non-hydrogen) atoms. The maximum absolute atomic E-state index is 13.1. The predicted molar refractivity (Wildman–Crippen MR) is 79.5 cm³/mol. The molecular formula is C15H23FN2O2. The molecule has 0 amide bonds. The smallest absolute Gasteiger partial charge is 0.292 e. The molecule has 0 saturated carbocycles. The molecule has 0 unspecified atom stereocenters. The van der Waals surface area contributed by atoms with Gasteiger partial charge < -0.3 is 5.32 Å². The van der Waals surface area contributed by atoms with Crippen LogP contribution in [0, 0.1) is 21.8 Å². The zero-order valence-corrected chi connectivity index (χ0v) is 12.2. The maximum atomic E-state index is 13.1. The molecule has 0 aliphatic rings. The second kappa shape index (κ2) is 8.51. The summed E-state index contributed by atoms with van der Waals surface area (Å²) in [5.74, 6) is 0.276. The van der Waals surface area contributed by atoms with Gasteiger partial charge in [0.25, 0.3) is 5.69 Å². The molecule has 0 saturated heterocycles. The van der Waals surface area contributed by atoms with E-state index < -0.39 is 10.7 Å². The monoisotopic (exact) mass is 282 g/mol. The Morgan fingerprint density at radius 3 is 2.60 bits per heavy atom. The van der Waals surface area contributed by atoms with Crippen LogP contribution in [-0.2, 0) is 0 Å². The van der Waals surface area contributed by atoms with Gasteiger partial charge in [-0.05, 0) is 18.4 Å². The molecule has 0 radical (unpaired) electrons. The SMILES string of the molecule is CC(C)CCCCCCNc1cc(F)ccc1[N+](=O)[O-].